The second kappa shape index (κ2) is 4.51. The van der Waals surface area contributed by atoms with Gasteiger partial charge >= 0.3 is 0 Å². The van der Waals surface area contributed by atoms with Crippen LogP contribution in [0.1, 0.15) is 23.5 Å². The van der Waals surface area contributed by atoms with Crippen LogP contribution in [0.2, 0.25) is 0 Å². The van der Waals surface area contributed by atoms with Crippen molar-refractivity contribution in [3.05, 3.63) is 17.4 Å². The number of nitrogens with zero attached hydrogens (tertiary/aromatic N) is 3. The predicted octanol–water partition coefficient (Wildman–Crippen LogP) is 1.00. The number of rotatable bonds is 2. The van der Waals surface area contributed by atoms with E-state index < -0.39 is 0 Å². The molecular formula is C11H14N4O3. The topological polar surface area (TPSA) is 86.2 Å². The molecule has 3 heterocycles. The van der Waals surface area contributed by atoms with E-state index >= 15 is 0 Å². The SMILES string of the molecule is Cc1nc(C)c(-c2nc(C3COCCN3)no2)o1. The molecule has 7 nitrogen and oxygen atoms in total. The molecule has 0 amide bonds. The number of aryl methyl sites for hydroxylation is 2. The Hall–Kier alpha value is -1.73. The van der Waals surface area contributed by atoms with E-state index in [-0.39, 0.29) is 6.04 Å². The monoisotopic (exact) mass is 250 g/mol. The van der Waals surface area contributed by atoms with Crippen molar-refractivity contribution in [2.45, 2.75) is 19.9 Å². The first-order valence-corrected chi connectivity index (χ1v) is 5.83. The Labute approximate surface area is 104 Å². The first-order valence-electron chi connectivity index (χ1n) is 5.83. The Kier molecular flexibility index (Phi) is 2.85. The Bertz CT molecular complexity index is 542. The molecule has 0 saturated carbocycles. The summed E-state index contributed by atoms with van der Waals surface area (Å²) < 4.78 is 16.0. The zero-order valence-electron chi connectivity index (χ0n) is 10.3. The van der Waals surface area contributed by atoms with E-state index in [1.165, 1.54) is 0 Å². The molecule has 0 radical (unpaired) electrons. The van der Waals surface area contributed by atoms with Gasteiger partial charge in [-0.1, -0.05) is 5.16 Å². The molecule has 96 valence electrons. The normalized spacial score (nSPS) is 20.2. The average Bonchev–Trinajstić information content (AvgIpc) is 2.97. The number of ether oxygens (including phenoxy) is 1. The lowest BCUT2D eigenvalue weighted by Gasteiger charge is -2.20. The van der Waals surface area contributed by atoms with Gasteiger partial charge in [0.2, 0.25) is 5.76 Å². The van der Waals surface area contributed by atoms with Crippen LogP contribution in [0, 0.1) is 13.8 Å². The highest BCUT2D eigenvalue weighted by Crippen LogP contribution is 2.24. The second-order valence-corrected chi connectivity index (χ2v) is 4.19. The summed E-state index contributed by atoms with van der Waals surface area (Å²) in [6.45, 7) is 5.67. The molecule has 7 heteroatoms. The first kappa shape index (κ1) is 11.4. The fourth-order valence-corrected chi connectivity index (χ4v) is 1.93. The van der Waals surface area contributed by atoms with E-state index in [0.717, 1.165) is 12.2 Å². The molecule has 3 rings (SSSR count). The second-order valence-electron chi connectivity index (χ2n) is 4.19. The fraction of sp³-hybridized carbons (Fsp3) is 0.545. The molecule has 1 aliphatic rings. The van der Waals surface area contributed by atoms with Gasteiger partial charge in [0.1, 0.15) is 0 Å². The minimum Gasteiger partial charge on any atom is -0.436 e. The maximum absolute atomic E-state index is 5.44. The minimum absolute atomic E-state index is 0.0272. The van der Waals surface area contributed by atoms with Gasteiger partial charge in [-0.25, -0.2) is 4.98 Å². The highest BCUT2D eigenvalue weighted by atomic mass is 16.5. The molecule has 1 aliphatic heterocycles. The predicted molar refractivity (Wildman–Crippen MR) is 60.8 cm³/mol. The van der Waals surface area contributed by atoms with Crippen LogP contribution in [0.25, 0.3) is 11.7 Å². The highest BCUT2D eigenvalue weighted by Gasteiger charge is 2.23. The standard InChI is InChI=1S/C11H14N4O3/c1-6-9(17-7(2)13-6)11-14-10(15-18-11)8-5-16-4-3-12-8/h8,12H,3-5H2,1-2H3. The maximum Gasteiger partial charge on any atom is 0.295 e. The van der Waals surface area contributed by atoms with Gasteiger partial charge in [0.05, 0.1) is 24.9 Å². The minimum atomic E-state index is -0.0272. The van der Waals surface area contributed by atoms with Crippen molar-refractivity contribution in [3.63, 3.8) is 0 Å². The lowest BCUT2D eigenvalue weighted by atomic mass is 10.2. The molecule has 1 atom stereocenters. The third kappa shape index (κ3) is 2.02. The summed E-state index contributed by atoms with van der Waals surface area (Å²) in [6, 6.07) is -0.0272. The van der Waals surface area contributed by atoms with Gasteiger partial charge in [-0.05, 0) is 6.92 Å². The number of oxazole rings is 1. The highest BCUT2D eigenvalue weighted by molar-refractivity contribution is 5.47. The summed E-state index contributed by atoms with van der Waals surface area (Å²) in [6.07, 6.45) is 0. The smallest absolute Gasteiger partial charge is 0.295 e. The van der Waals surface area contributed by atoms with E-state index in [1.54, 1.807) is 6.92 Å². The zero-order valence-corrected chi connectivity index (χ0v) is 10.3. The Morgan fingerprint density at radius 3 is 2.83 bits per heavy atom. The van der Waals surface area contributed by atoms with E-state index in [4.69, 9.17) is 13.7 Å². The van der Waals surface area contributed by atoms with Crippen molar-refractivity contribution in [2.75, 3.05) is 19.8 Å². The van der Waals surface area contributed by atoms with Gasteiger partial charge in [-0.15, -0.1) is 0 Å². The molecule has 1 N–H and O–H groups in total. The summed E-state index contributed by atoms with van der Waals surface area (Å²) in [5.74, 6) is 2.05. The molecule has 1 unspecified atom stereocenters. The van der Waals surface area contributed by atoms with Crippen LogP contribution in [0.3, 0.4) is 0 Å². The van der Waals surface area contributed by atoms with Crippen molar-refractivity contribution in [3.8, 4) is 11.7 Å². The van der Waals surface area contributed by atoms with Gasteiger partial charge in [0, 0.05) is 13.5 Å². The molecule has 1 saturated heterocycles. The third-order valence-corrected chi connectivity index (χ3v) is 2.77. The van der Waals surface area contributed by atoms with E-state index in [2.05, 4.69) is 20.4 Å². The van der Waals surface area contributed by atoms with Gasteiger partial charge in [-0.3, -0.25) is 0 Å². The largest absolute Gasteiger partial charge is 0.436 e. The van der Waals surface area contributed by atoms with Crippen LogP contribution in [0.4, 0.5) is 0 Å². The number of aromatic nitrogens is 3. The number of nitrogens with one attached hydrogen (secondary N) is 1. The average molecular weight is 250 g/mol. The summed E-state index contributed by atoms with van der Waals surface area (Å²) in [4.78, 5) is 8.50. The van der Waals surface area contributed by atoms with Crippen molar-refractivity contribution in [1.82, 2.24) is 20.4 Å². The maximum atomic E-state index is 5.44. The lowest BCUT2D eigenvalue weighted by Crippen LogP contribution is -2.35. The van der Waals surface area contributed by atoms with E-state index in [1.807, 2.05) is 6.92 Å². The van der Waals surface area contributed by atoms with Gasteiger partial charge in [0.15, 0.2) is 11.7 Å². The van der Waals surface area contributed by atoms with Crippen LogP contribution in [0.15, 0.2) is 8.94 Å². The summed E-state index contributed by atoms with van der Waals surface area (Å²) in [5.41, 5.74) is 0.746. The van der Waals surface area contributed by atoms with Crippen LogP contribution in [-0.2, 0) is 4.74 Å². The molecule has 1 fully saturated rings. The van der Waals surface area contributed by atoms with E-state index in [0.29, 0.717) is 36.6 Å². The quantitative estimate of drug-likeness (QED) is 0.850. The van der Waals surface area contributed by atoms with Crippen molar-refractivity contribution in [2.24, 2.45) is 0 Å². The molecule has 18 heavy (non-hydrogen) atoms. The van der Waals surface area contributed by atoms with Crippen LogP contribution >= 0.6 is 0 Å². The third-order valence-electron chi connectivity index (χ3n) is 2.77. The first-order chi connectivity index (χ1) is 8.74. The molecule has 0 aliphatic carbocycles. The molecule has 2 aromatic rings. The summed E-state index contributed by atoms with van der Waals surface area (Å²) in [7, 11) is 0. The van der Waals surface area contributed by atoms with Crippen molar-refractivity contribution in [1.29, 1.82) is 0 Å². The number of hydrogen-bond donors (Lipinski definition) is 1. The van der Waals surface area contributed by atoms with Gasteiger partial charge in [-0.2, -0.15) is 4.98 Å². The van der Waals surface area contributed by atoms with Gasteiger partial charge < -0.3 is 19.0 Å². The molecule has 0 aromatic carbocycles. The van der Waals surface area contributed by atoms with E-state index in [9.17, 15) is 0 Å². The van der Waals surface area contributed by atoms with Crippen LogP contribution in [-0.4, -0.2) is 34.9 Å². The summed E-state index contributed by atoms with van der Waals surface area (Å²) in [5, 5.41) is 7.21. The Morgan fingerprint density at radius 2 is 2.17 bits per heavy atom. The molecule has 0 spiro atoms. The fourth-order valence-electron chi connectivity index (χ4n) is 1.93. The van der Waals surface area contributed by atoms with Crippen LogP contribution < -0.4 is 5.32 Å². The lowest BCUT2D eigenvalue weighted by molar-refractivity contribution is 0.0734. The summed E-state index contributed by atoms with van der Waals surface area (Å²) >= 11 is 0. The Balaban J connectivity index is 1.86. The number of morpholine rings is 1. The van der Waals surface area contributed by atoms with Crippen molar-refractivity contribution >= 4 is 0 Å². The Morgan fingerprint density at radius 1 is 1.28 bits per heavy atom. The molecule has 0 bridgehead atoms. The van der Waals surface area contributed by atoms with Crippen LogP contribution in [0.5, 0.6) is 0 Å². The molecule has 2 aromatic heterocycles. The number of hydrogen-bond acceptors (Lipinski definition) is 7. The zero-order chi connectivity index (χ0) is 12.5. The van der Waals surface area contributed by atoms with Crippen molar-refractivity contribution < 1.29 is 13.7 Å². The van der Waals surface area contributed by atoms with Gasteiger partial charge in [0.25, 0.3) is 5.89 Å². The molecular weight excluding hydrogens is 236 g/mol.